The maximum absolute atomic E-state index is 13.5. The number of hydrogen-bond acceptors (Lipinski definition) is 4. The predicted molar refractivity (Wildman–Crippen MR) is 175 cm³/mol. The van der Waals surface area contributed by atoms with E-state index in [1.807, 2.05) is 57.0 Å². The SMILES string of the molecule is CCN(CC)C(=O)C(C)(C)c1ccc2[nH]c(-c3cc(C)cc(C)c3)c(CCNC(=NCCc3ccccn3)NC#N)c2c1. The monoisotopic (exact) mass is 577 g/mol. The van der Waals surface area contributed by atoms with Crippen molar-refractivity contribution in [3.63, 3.8) is 0 Å². The van der Waals surface area contributed by atoms with E-state index < -0.39 is 5.41 Å². The number of likely N-dealkylation sites (N-methyl/N-ethyl adjacent to an activating group) is 1. The first-order valence-electron chi connectivity index (χ1n) is 15.0. The van der Waals surface area contributed by atoms with Crippen molar-refractivity contribution in [1.82, 2.24) is 25.5 Å². The van der Waals surface area contributed by atoms with Crippen molar-refractivity contribution >= 4 is 22.8 Å². The van der Waals surface area contributed by atoms with Crippen molar-refractivity contribution in [3.8, 4) is 17.5 Å². The standard InChI is InChI=1S/C35H43N7O/c1-7-42(8-2)33(43)35(5,6)27-12-13-31-30(22-27)29(32(41-31)26-20-24(3)19-25(4)21-26)15-18-39-34(40-23-36)38-17-14-28-11-9-10-16-37-28/h9-13,16,19-22,41H,7-8,14-15,17-18H2,1-6H3,(H2,38,39,40). The van der Waals surface area contributed by atoms with Gasteiger partial charge in [-0.2, -0.15) is 5.26 Å². The highest BCUT2D eigenvalue weighted by atomic mass is 16.2. The Labute approximate surface area is 255 Å². The molecule has 0 saturated carbocycles. The minimum atomic E-state index is -0.669. The first-order valence-corrected chi connectivity index (χ1v) is 15.0. The summed E-state index contributed by atoms with van der Waals surface area (Å²) in [6.07, 6.45) is 5.13. The molecule has 2 heterocycles. The lowest BCUT2D eigenvalue weighted by atomic mass is 9.82. The third kappa shape index (κ3) is 7.42. The first kappa shape index (κ1) is 31.3. The molecule has 2 aromatic carbocycles. The highest BCUT2D eigenvalue weighted by molar-refractivity contribution is 5.94. The largest absolute Gasteiger partial charge is 0.355 e. The molecule has 8 heteroatoms. The Kier molecular flexibility index (Phi) is 10.2. The molecule has 0 aliphatic rings. The highest BCUT2D eigenvalue weighted by Gasteiger charge is 2.33. The van der Waals surface area contributed by atoms with Crippen LogP contribution in [-0.2, 0) is 23.1 Å². The summed E-state index contributed by atoms with van der Waals surface area (Å²) in [7, 11) is 0. The quantitative estimate of drug-likeness (QED) is 0.0904. The van der Waals surface area contributed by atoms with E-state index in [2.05, 4.69) is 75.8 Å². The average Bonchev–Trinajstić information content (AvgIpc) is 3.35. The van der Waals surface area contributed by atoms with E-state index in [-0.39, 0.29) is 5.91 Å². The Balaban J connectivity index is 1.67. The Bertz CT molecular complexity index is 1610. The Hall–Kier alpha value is -4.64. The van der Waals surface area contributed by atoms with E-state index in [9.17, 15) is 10.1 Å². The zero-order chi connectivity index (χ0) is 31.0. The molecule has 43 heavy (non-hydrogen) atoms. The number of hydrogen-bond donors (Lipinski definition) is 3. The molecule has 2 aromatic heterocycles. The maximum Gasteiger partial charge on any atom is 0.232 e. The smallest absolute Gasteiger partial charge is 0.232 e. The molecule has 0 bridgehead atoms. The molecule has 0 atom stereocenters. The van der Waals surface area contributed by atoms with E-state index in [4.69, 9.17) is 0 Å². The molecule has 0 saturated heterocycles. The molecule has 8 nitrogen and oxygen atoms in total. The van der Waals surface area contributed by atoms with Gasteiger partial charge in [-0.15, -0.1) is 0 Å². The summed E-state index contributed by atoms with van der Waals surface area (Å²) in [4.78, 5) is 28.0. The number of nitrogens with one attached hydrogen (secondary N) is 3. The van der Waals surface area contributed by atoms with Gasteiger partial charge in [-0.3, -0.25) is 20.1 Å². The van der Waals surface area contributed by atoms with E-state index in [0.29, 0.717) is 45.0 Å². The Morgan fingerprint density at radius 2 is 1.79 bits per heavy atom. The molecule has 4 rings (SSSR count). The number of fused-ring (bicyclic) bond motifs is 1. The number of benzene rings is 2. The van der Waals surface area contributed by atoms with E-state index in [1.165, 1.54) is 11.1 Å². The van der Waals surface area contributed by atoms with Crippen LogP contribution in [0.25, 0.3) is 22.2 Å². The van der Waals surface area contributed by atoms with Crippen molar-refractivity contribution < 1.29 is 4.79 Å². The first-order chi connectivity index (χ1) is 20.7. The molecular weight excluding hydrogens is 534 g/mol. The number of rotatable bonds is 11. The fourth-order valence-electron chi connectivity index (χ4n) is 5.62. The van der Waals surface area contributed by atoms with Gasteiger partial charge in [-0.1, -0.05) is 29.3 Å². The van der Waals surface area contributed by atoms with Gasteiger partial charge >= 0.3 is 0 Å². The van der Waals surface area contributed by atoms with Crippen molar-refractivity contribution in [2.45, 2.75) is 59.8 Å². The number of guanidine groups is 1. The summed E-state index contributed by atoms with van der Waals surface area (Å²) in [5, 5.41) is 16.4. The normalized spacial score (nSPS) is 11.8. The highest BCUT2D eigenvalue weighted by Crippen LogP contribution is 2.35. The summed E-state index contributed by atoms with van der Waals surface area (Å²) in [6, 6.07) is 18.7. The van der Waals surface area contributed by atoms with Crippen LogP contribution in [0.1, 0.15) is 55.6 Å². The van der Waals surface area contributed by atoms with Crippen LogP contribution >= 0.6 is 0 Å². The summed E-state index contributed by atoms with van der Waals surface area (Å²) >= 11 is 0. The zero-order valence-electron chi connectivity index (χ0n) is 26.2. The number of carbonyl (C=O) groups excluding carboxylic acids is 1. The maximum atomic E-state index is 13.5. The number of H-pyrrole nitrogens is 1. The van der Waals surface area contributed by atoms with Crippen molar-refractivity contribution in [2.75, 3.05) is 26.2 Å². The van der Waals surface area contributed by atoms with Gasteiger partial charge in [0.2, 0.25) is 11.9 Å². The van der Waals surface area contributed by atoms with Gasteiger partial charge in [-0.25, -0.2) is 0 Å². The number of aryl methyl sites for hydroxylation is 2. The molecule has 3 N–H and O–H groups in total. The van der Waals surface area contributed by atoms with Crippen LogP contribution in [0.2, 0.25) is 0 Å². The lowest BCUT2D eigenvalue weighted by Crippen LogP contribution is -2.43. The second kappa shape index (κ2) is 14.0. The number of pyridine rings is 1. The van der Waals surface area contributed by atoms with Gasteiger partial charge < -0.3 is 15.2 Å². The number of nitriles is 1. The lowest BCUT2D eigenvalue weighted by molar-refractivity contribution is -0.135. The second-order valence-electron chi connectivity index (χ2n) is 11.4. The van der Waals surface area contributed by atoms with E-state index in [0.717, 1.165) is 39.0 Å². The molecule has 4 aromatic rings. The molecule has 0 aliphatic heterocycles. The summed E-state index contributed by atoms with van der Waals surface area (Å²) in [5.74, 6) is 0.567. The van der Waals surface area contributed by atoms with Crippen LogP contribution in [0, 0.1) is 25.3 Å². The number of aromatic amines is 1. The van der Waals surface area contributed by atoms with Crippen LogP contribution in [0.3, 0.4) is 0 Å². The fourth-order valence-corrected chi connectivity index (χ4v) is 5.62. The van der Waals surface area contributed by atoms with Gasteiger partial charge in [0.15, 0.2) is 6.19 Å². The fraction of sp³-hybridized carbons (Fsp3) is 0.371. The number of carbonyl (C=O) groups is 1. The summed E-state index contributed by atoms with van der Waals surface area (Å²) < 4.78 is 0. The number of amides is 1. The minimum Gasteiger partial charge on any atom is -0.355 e. The number of nitrogens with zero attached hydrogens (tertiary/aromatic N) is 4. The Morgan fingerprint density at radius 1 is 1.05 bits per heavy atom. The molecule has 0 radical (unpaired) electrons. The number of aromatic nitrogens is 2. The topological polar surface area (TPSA) is 109 Å². The van der Waals surface area contributed by atoms with Crippen molar-refractivity contribution in [1.29, 1.82) is 5.26 Å². The summed E-state index contributed by atoms with van der Waals surface area (Å²) in [6.45, 7) is 14.7. The number of aliphatic imine (C=N–C) groups is 1. The molecule has 0 aliphatic carbocycles. The van der Waals surface area contributed by atoms with Crippen LogP contribution in [0.4, 0.5) is 0 Å². The average molecular weight is 578 g/mol. The molecular formula is C35H43N7O. The molecule has 224 valence electrons. The molecule has 0 fully saturated rings. The lowest BCUT2D eigenvalue weighted by Gasteiger charge is -2.31. The zero-order valence-corrected chi connectivity index (χ0v) is 26.2. The van der Waals surface area contributed by atoms with Crippen LogP contribution < -0.4 is 10.6 Å². The Morgan fingerprint density at radius 3 is 2.44 bits per heavy atom. The van der Waals surface area contributed by atoms with Crippen LogP contribution in [0.5, 0.6) is 0 Å². The van der Waals surface area contributed by atoms with Crippen molar-refractivity contribution in [3.05, 3.63) is 88.7 Å². The van der Waals surface area contributed by atoms with E-state index in [1.54, 1.807) is 6.20 Å². The van der Waals surface area contributed by atoms with Gasteiger partial charge in [0.05, 0.1) is 5.41 Å². The van der Waals surface area contributed by atoms with Crippen molar-refractivity contribution in [2.24, 2.45) is 4.99 Å². The molecule has 0 spiro atoms. The van der Waals surface area contributed by atoms with Gasteiger partial charge in [0.25, 0.3) is 0 Å². The molecule has 0 unspecified atom stereocenters. The summed E-state index contributed by atoms with van der Waals surface area (Å²) in [5.41, 5.74) is 8.05. The van der Waals surface area contributed by atoms with Gasteiger partial charge in [0, 0.05) is 61.1 Å². The van der Waals surface area contributed by atoms with Crippen LogP contribution in [0.15, 0.2) is 65.8 Å². The third-order valence-electron chi connectivity index (χ3n) is 7.93. The second-order valence-corrected chi connectivity index (χ2v) is 11.4. The van der Waals surface area contributed by atoms with E-state index >= 15 is 0 Å². The minimum absolute atomic E-state index is 0.124. The van der Waals surface area contributed by atoms with Crippen LogP contribution in [-0.4, -0.2) is 52.9 Å². The third-order valence-corrected chi connectivity index (χ3v) is 7.93. The predicted octanol–water partition coefficient (Wildman–Crippen LogP) is 5.79. The molecule has 1 amide bonds. The van der Waals surface area contributed by atoms with Gasteiger partial charge in [0.1, 0.15) is 0 Å². The van der Waals surface area contributed by atoms with Gasteiger partial charge in [-0.05, 0) is 101 Å².